The molecule has 5 aliphatic heterocycles. The summed E-state index contributed by atoms with van der Waals surface area (Å²) in [5.41, 5.74) is -3.75. The molecule has 0 aliphatic carbocycles. The number of benzene rings is 1. The van der Waals surface area contributed by atoms with Crippen LogP contribution in [-0.4, -0.2) is 212 Å². The lowest BCUT2D eigenvalue weighted by atomic mass is 9.73. The van der Waals surface area contributed by atoms with Crippen molar-refractivity contribution in [3.63, 3.8) is 0 Å². The molecule has 0 spiro atoms. The molecule has 0 radical (unpaired) electrons. The minimum Gasteiger partial charge on any atom is -0.493 e. The van der Waals surface area contributed by atoms with Gasteiger partial charge in [0.05, 0.1) is 96.3 Å². The number of anilines is 1. The molecule has 25 heteroatoms. The van der Waals surface area contributed by atoms with E-state index in [0.717, 1.165) is 0 Å². The van der Waals surface area contributed by atoms with Crippen LogP contribution in [0.25, 0.3) is 0 Å². The minimum atomic E-state index is -1.58. The fourth-order valence-electron chi connectivity index (χ4n) is 12.9. The van der Waals surface area contributed by atoms with Gasteiger partial charge in [0.2, 0.25) is 0 Å². The van der Waals surface area contributed by atoms with E-state index in [1.807, 2.05) is 13.8 Å². The highest BCUT2D eigenvalue weighted by Crippen LogP contribution is 2.45. The quantitative estimate of drug-likeness (QED) is 0.111. The van der Waals surface area contributed by atoms with E-state index in [1.165, 1.54) is 49.6 Å². The number of morpholine rings is 1. The first-order valence-electron chi connectivity index (χ1n) is 29.0. The molecule has 6 heterocycles. The molecule has 5 saturated heterocycles. The molecular weight excluding hydrogens is 1140 g/mol. The van der Waals surface area contributed by atoms with Gasteiger partial charge in [0.25, 0.3) is 5.91 Å². The zero-order valence-corrected chi connectivity index (χ0v) is 52.3. The molecule has 0 bridgehead atoms. The summed E-state index contributed by atoms with van der Waals surface area (Å²) in [6.45, 7) is 19.1. The molecule has 5 fully saturated rings. The maximum Gasteiger partial charge on any atom is 0.410 e. The predicted octanol–water partition coefficient (Wildman–Crippen LogP) is 7.16. The number of halogens is 2. The van der Waals surface area contributed by atoms with Crippen LogP contribution in [0.1, 0.15) is 112 Å². The number of rotatable bonds is 16. The van der Waals surface area contributed by atoms with E-state index < -0.39 is 126 Å². The molecule has 1 aromatic carbocycles. The van der Waals surface area contributed by atoms with E-state index >= 15 is 9.59 Å². The molecule has 4 amide bonds. The molecule has 84 heavy (non-hydrogen) atoms. The van der Waals surface area contributed by atoms with E-state index in [9.17, 15) is 24.6 Å². The number of aromatic nitrogens is 1. The minimum absolute atomic E-state index is 0.0115. The second-order valence-electron chi connectivity index (χ2n) is 23.7. The maximum atomic E-state index is 15.4. The number of ether oxygens (including phenoxy) is 11. The number of carbonyl (C=O) groups is 5. The van der Waals surface area contributed by atoms with E-state index in [4.69, 9.17) is 75.3 Å². The van der Waals surface area contributed by atoms with Crippen LogP contribution in [0, 0.1) is 23.7 Å². The molecular formula is C59H87Cl2N5O18. The standard InChI is InChI=1S/C59H87Cl2N5O18/c1-15-43-59(10)49(66(56(73)84-59)19-16-22-78-42-26-37(17-18-41(42)74-12)52(70)63-45-38(60)29-62-30-39(45)61)33(4)46(67)31(2)27-58(9,76-14)51(83-54-47(68)40(25-32(3)79-54)64(11)55(72)65-20-23-77-24-21-65)34(5)48(35(6)53(71)81-43)82-44-28-57(8,75-13)50(69)36(7)80-44/h17-18,26,29-36,40,43-44,47-51,54,68-69H,15-16,19-25,27-28H2,1-14H3,(H,62,63,70)/t31-,32-,33+,34+,35-,36+,40+,43-,44+,47-,48+,49-,50+,51-,54+,57-,58?,59-/m1/s1. The smallest absolute Gasteiger partial charge is 0.410 e. The Morgan fingerprint density at radius 3 is 2.19 bits per heavy atom. The number of aliphatic hydroxyl groups excluding tert-OH is 2. The molecule has 0 saturated carbocycles. The average molecular weight is 1230 g/mol. The molecule has 1 unspecified atom stereocenters. The number of Topliss-reactive ketones (excluding diaryl/α,β-unsaturated/α-hetero) is 1. The first-order chi connectivity index (χ1) is 39.7. The van der Waals surface area contributed by atoms with Crippen molar-refractivity contribution in [2.24, 2.45) is 23.7 Å². The number of fused-ring (bicyclic) bond motifs is 1. The van der Waals surface area contributed by atoms with Gasteiger partial charge in [-0.3, -0.25) is 19.4 Å². The van der Waals surface area contributed by atoms with Crippen LogP contribution in [0.15, 0.2) is 30.6 Å². The van der Waals surface area contributed by atoms with Crippen LogP contribution < -0.4 is 14.8 Å². The van der Waals surface area contributed by atoms with Crippen molar-refractivity contribution in [2.75, 3.05) is 73.1 Å². The summed E-state index contributed by atoms with van der Waals surface area (Å²) in [6.07, 6.45) is -6.82. The Morgan fingerprint density at radius 1 is 0.893 bits per heavy atom. The van der Waals surface area contributed by atoms with Crippen LogP contribution in [0.2, 0.25) is 10.0 Å². The molecule has 2 aromatic rings. The van der Waals surface area contributed by atoms with Crippen molar-refractivity contribution in [3.8, 4) is 11.5 Å². The highest BCUT2D eigenvalue weighted by atomic mass is 35.5. The summed E-state index contributed by atoms with van der Waals surface area (Å²) >= 11 is 12.5. The molecule has 7 rings (SSSR count). The van der Waals surface area contributed by atoms with Crippen LogP contribution in [0.3, 0.4) is 0 Å². The fraction of sp³-hybridized carbons (Fsp3) is 0.729. The Bertz CT molecular complexity index is 2620. The van der Waals surface area contributed by atoms with Crippen molar-refractivity contribution < 1.29 is 86.3 Å². The number of ketones is 1. The number of pyridine rings is 1. The molecule has 1 aromatic heterocycles. The Hall–Kier alpha value is -4.66. The highest BCUT2D eigenvalue weighted by Gasteiger charge is 2.61. The molecule has 18 atom stereocenters. The summed E-state index contributed by atoms with van der Waals surface area (Å²) in [6, 6.07) is 2.58. The normalized spacial score (nSPS) is 36.2. The third kappa shape index (κ3) is 14.2. The van der Waals surface area contributed by atoms with Gasteiger partial charge in [0.1, 0.15) is 24.1 Å². The van der Waals surface area contributed by atoms with Gasteiger partial charge in [-0.1, -0.05) is 50.9 Å². The third-order valence-electron chi connectivity index (χ3n) is 17.9. The van der Waals surface area contributed by atoms with Gasteiger partial charge in [-0.15, -0.1) is 0 Å². The van der Waals surface area contributed by atoms with Gasteiger partial charge in [0.15, 0.2) is 29.7 Å². The Labute approximate surface area is 502 Å². The lowest BCUT2D eigenvalue weighted by Gasteiger charge is -2.50. The van der Waals surface area contributed by atoms with Gasteiger partial charge >= 0.3 is 18.1 Å². The van der Waals surface area contributed by atoms with Crippen molar-refractivity contribution in [1.29, 1.82) is 0 Å². The first kappa shape index (κ1) is 66.9. The third-order valence-corrected chi connectivity index (χ3v) is 18.4. The molecule has 23 nitrogen and oxygen atoms in total. The maximum absolute atomic E-state index is 15.4. The van der Waals surface area contributed by atoms with E-state index in [0.29, 0.717) is 32.1 Å². The number of nitrogens with zero attached hydrogens (tertiary/aromatic N) is 4. The number of hydrogen-bond donors (Lipinski definition) is 3. The first-order valence-corrected chi connectivity index (χ1v) is 29.8. The molecule has 5 aliphatic rings. The zero-order chi connectivity index (χ0) is 61.7. The molecule has 3 N–H and O–H groups in total. The topological polar surface area (TPSA) is 262 Å². The summed E-state index contributed by atoms with van der Waals surface area (Å²) < 4.78 is 69.3. The summed E-state index contributed by atoms with van der Waals surface area (Å²) in [5.74, 6) is -4.69. The second-order valence-corrected chi connectivity index (χ2v) is 24.5. The van der Waals surface area contributed by atoms with Crippen LogP contribution in [0.5, 0.6) is 11.5 Å². The van der Waals surface area contributed by atoms with Gasteiger partial charge in [-0.2, -0.15) is 0 Å². The monoisotopic (exact) mass is 1220 g/mol. The van der Waals surface area contributed by atoms with E-state index in [1.54, 1.807) is 79.5 Å². The molecule has 470 valence electrons. The van der Waals surface area contributed by atoms with E-state index in [-0.39, 0.29) is 84.1 Å². The summed E-state index contributed by atoms with van der Waals surface area (Å²) in [4.78, 5) is 80.9. The SMILES string of the molecule is CC[C@H]1OC(=O)[C@H](C)[C@@H](O[C@H]2C[C@@](C)(OC)[C@@H](O)[C@H](C)O2)[C@H](C)[C@@H](O[C@@H]2O[C@H](C)C[C@H](N(C)C(=O)N3CCOCC3)[C@H]2O)C(C)(OC)C[C@@H](C)C(=O)[C@H](C)[C@H]2N(CCCOc3cc(C(=O)Nc4c(Cl)cncc4Cl)ccc3OC)C(=O)O[C@]12C. The van der Waals surface area contributed by atoms with Crippen LogP contribution >= 0.6 is 23.2 Å². The zero-order valence-electron chi connectivity index (χ0n) is 50.8. The Morgan fingerprint density at radius 2 is 1.56 bits per heavy atom. The van der Waals surface area contributed by atoms with Crippen molar-refractivity contribution in [3.05, 3.63) is 46.2 Å². The van der Waals surface area contributed by atoms with E-state index in [2.05, 4.69) is 10.3 Å². The number of hydrogen-bond acceptors (Lipinski definition) is 19. The predicted molar refractivity (Wildman–Crippen MR) is 307 cm³/mol. The van der Waals surface area contributed by atoms with Gasteiger partial charge in [-0.05, 0) is 85.4 Å². The van der Waals surface area contributed by atoms with Crippen molar-refractivity contribution in [2.45, 2.75) is 186 Å². The van der Waals surface area contributed by atoms with Crippen molar-refractivity contribution >= 4 is 58.7 Å². The van der Waals surface area contributed by atoms with Crippen LogP contribution in [0.4, 0.5) is 15.3 Å². The Balaban J connectivity index is 1.22. The number of esters is 1. The average Bonchev–Trinajstić information content (AvgIpc) is 2.16. The Kier molecular flexibility index (Phi) is 22.3. The number of cyclic esters (lactones) is 1. The lowest BCUT2D eigenvalue weighted by Crippen LogP contribution is -2.63. The fourth-order valence-corrected chi connectivity index (χ4v) is 13.4. The lowest BCUT2D eigenvalue weighted by molar-refractivity contribution is -0.319. The number of aliphatic hydroxyl groups is 2. The van der Waals surface area contributed by atoms with Gasteiger partial charge < -0.3 is 82.3 Å². The van der Waals surface area contributed by atoms with Gasteiger partial charge in [0, 0.05) is 83.0 Å². The number of methoxy groups -OCH3 is 3. The number of carbonyl (C=O) groups excluding carboxylic acids is 5. The summed E-state index contributed by atoms with van der Waals surface area (Å²) in [7, 11) is 6.07. The van der Waals surface area contributed by atoms with Crippen molar-refractivity contribution in [1.82, 2.24) is 19.7 Å². The van der Waals surface area contributed by atoms with Gasteiger partial charge in [-0.25, -0.2) is 9.59 Å². The van der Waals surface area contributed by atoms with Crippen LogP contribution in [-0.2, 0) is 52.2 Å². The highest BCUT2D eigenvalue weighted by molar-refractivity contribution is 6.39. The number of nitrogens with one attached hydrogen (secondary N) is 1. The number of urea groups is 1. The summed E-state index contributed by atoms with van der Waals surface area (Å²) in [5, 5.41) is 26.6. The second kappa shape index (κ2) is 28.0. The largest absolute Gasteiger partial charge is 0.493 e. The number of likely N-dealkylation sites (N-methyl/N-ethyl adjacent to an activating group) is 1. The number of amides is 4.